The normalized spacial score (nSPS) is 11.8. The summed E-state index contributed by atoms with van der Waals surface area (Å²) in [7, 11) is -3.77. The van der Waals surface area contributed by atoms with E-state index in [2.05, 4.69) is 4.72 Å². The molecule has 0 unspecified atom stereocenters. The van der Waals surface area contributed by atoms with Gasteiger partial charge in [-0.05, 0) is 47.3 Å². The number of aromatic nitrogens is 1. The van der Waals surface area contributed by atoms with E-state index in [9.17, 15) is 13.2 Å². The van der Waals surface area contributed by atoms with E-state index in [0.717, 1.165) is 27.7 Å². The van der Waals surface area contributed by atoms with E-state index in [4.69, 9.17) is 16.3 Å². The molecule has 1 N–H and O–H groups in total. The van der Waals surface area contributed by atoms with Gasteiger partial charge in [0.05, 0.1) is 21.7 Å². The number of rotatable bonds is 8. The number of sulfonamides is 1. The Balaban J connectivity index is 1.28. The molecule has 5 rings (SSSR count). The number of thiazole rings is 1. The fourth-order valence-electron chi connectivity index (χ4n) is 3.88. The Hall–Kier alpha value is -3.17. The van der Waals surface area contributed by atoms with Crippen molar-refractivity contribution in [1.29, 1.82) is 0 Å². The zero-order valence-corrected chi connectivity index (χ0v) is 20.9. The number of nitrogens with zero attached hydrogens (tertiary/aromatic N) is 1. The summed E-state index contributed by atoms with van der Waals surface area (Å²) in [6.45, 7) is 0.670. The Morgan fingerprint density at radius 2 is 1.71 bits per heavy atom. The van der Waals surface area contributed by atoms with Crippen molar-refractivity contribution in [2.75, 3.05) is 13.2 Å². The van der Waals surface area contributed by atoms with Gasteiger partial charge in [-0.2, -0.15) is 0 Å². The molecule has 5 aromatic rings. The summed E-state index contributed by atoms with van der Waals surface area (Å²) in [5, 5.41) is 2.66. The molecule has 0 aliphatic rings. The van der Waals surface area contributed by atoms with Gasteiger partial charge in [-0.3, -0.25) is 9.36 Å². The van der Waals surface area contributed by atoms with E-state index in [0.29, 0.717) is 27.5 Å². The first-order valence-electron chi connectivity index (χ1n) is 10.9. The van der Waals surface area contributed by atoms with E-state index in [1.165, 1.54) is 12.1 Å². The van der Waals surface area contributed by atoms with Crippen molar-refractivity contribution in [2.24, 2.45) is 0 Å². The van der Waals surface area contributed by atoms with Gasteiger partial charge in [-0.1, -0.05) is 71.5 Å². The molecule has 35 heavy (non-hydrogen) atoms. The van der Waals surface area contributed by atoms with Crippen molar-refractivity contribution < 1.29 is 13.2 Å². The van der Waals surface area contributed by atoms with Gasteiger partial charge >= 0.3 is 4.87 Å². The molecule has 0 radical (unpaired) electrons. The molecule has 0 saturated carbocycles. The van der Waals surface area contributed by atoms with Crippen LogP contribution in [0.4, 0.5) is 0 Å². The van der Waals surface area contributed by atoms with Crippen LogP contribution in [0.15, 0.2) is 94.6 Å². The highest BCUT2D eigenvalue weighted by Gasteiger charge is 2.17. The van der Waals surface area contributed by atoms with Gasteiger partial charge < -0.3 is 4.74 Å². The van der Waals surface area contributed by atoms with Crippen LogP contribution in [0.1, 0.15) is 5.56 Å². The van der Waals surface area contributed by atoms with Crippen LogP contribution >= 0.6 is 22.9 Å². The fourth-order valence-corrected chi connectivity index (χ4v) is 6.05. The van der Waals surface area contributed by atoms with Crippen molar-refractivity contribution in [3.8, 4) is 5.75 Å². The molecule has 9 heteroatoms. The Morgan fingerprint density at radius 1 is 0.943 bits per heavy atom. The number of ether oxygens (including phenoxy) is 1. The predicted molar refractivity (Wildman–Crippen MR) is 141 cm³/mol. The molecule has 1 aromatic heterocycles. The molecular weight excluding hydrogens is 504 g/mol. The Labute approximate surface area is 211 Å². The molecule has 6 nitrogen and oxygen atoms in total. The first kappa shape index (κ1) is 23.6. The standard InChI is InChI=1S/C26H21ClN2O4S2/c27-20-10-8-18(9-11-20)17-29-23-13-12-21(16-25(23)34-26(29)30)35(31,32)28-14-15-33-24-7-3-5-19-4-1-2-6-22(19)24/h1-13,16,28H,14-15,17H2. The zero-order chi connectivity index (χ0) is 24.4. The fraction of sp³-hybridized carbons (Fsp3) is 0.115. The zero-order valence-electron chi connectivity index (χ0n) is 18.5. The molecule has 0 bridgehead atoms. The summed E-state index contributed by atoms with van der Waals surface area (Å²) in [4.78, 5) is 12.5. The van der Waals surface area contributed by atoms with Crippen LogP contribution in [-0.4, -0.2) is 26.1 Å². The Morgan fingerprint density at radius 3 is 2.54 bits per heavy atom. The number of benzene rings is 4. The van der Waals surface area contributed by atoms with Crippen molar-refractivity contribution in [1.82, 2.24) is 9.29 Å². The topological polar surface area (TPSA) is 77.4 Å². The van der Waals surface area contributed by atoms with Gasteiger partial charge in [0.15, 0.2) is 0 Å². The van der Waals surface area contributed by atoms with Crippen LogP contribution < -0.4 is 14.3 Å². The summed E-state index contributed by atoms with van der Waals surface area (Å²) >= 11 is 6.97. The van der Waals surface area contributed by atoms with E-state index in [-0.39, 0.29) is 22.9 Å². The first-order chi connectivity index (χ1) is 16.9. The van der Waals surface area contributed by atoms with Crippen molar-refractivity contribution in [3.05, 3.63) is 105 Å². The lowest BCUT2D eigenvalue weighted by atomic mass is 10.1. The predicted octanol–water partition coefficient (Wildman–Crippen LogP) is 5.28. The third-order valence-electron chi connectivity index (χ3n) is 5.61. The van der Waals surface area contributed by atoms with Gasteiger partial charge in [0, 0.05) is 17.0 Å². The minimum absolute atomic E-state index is 0.107. The highest BCUT2D eigenvalue weighted by atomic mass is 35.5. The average molecular weight is 525 g/mol. The highest BCUT2D eigenvalue weighted by molar-refractivity contribution is 7.89. The van der Waals surface area contributed by atoms with Gasteiger partial charge in [-0.15, -0.1) is 0 Å². The maximum absolute atomic E-state index is 12.9. The van der Waals surface area contributed by atoms with Crippen LogP contribution in [0.2, 0.25) is 5.02 Å². The molecule has 0 aliphatic heterocycles. The molecule has 0 saturated heterocycles. The number of hydrogen-bond donors (Lipinski definition) is 1. The second-order valence-corrected chi connectivity index (χ2v) is 11.1. The number of fused-ring (bicyclic) bond motifs is 2. The van der Waals surface area contributed by atoms with Crippen LogP contribution in [0, 0.1) is 0 Å². The summed E-state index contributed by atoms with van der Waals surface area (Å²) in [5.74, 6) is 0.704. The second-order valence-electron chi connectivity index (χ2n) is 7.93. The summed E-state index contributed by atoms with van der Waals surface area (Å²) < 4.78 is 36.4. The van der Waals surface area contributed by atoms with Crippen molar-refractivity contribution in [2.45, 2.75) is 11.4 Å². The minimum Gasteiger partial charge on any atom is -0.492 e. The molecule has 0 amide bonds. The molecule has 4 aromatic carbocycles. The maximum atomic E-state index is 12.9. The largest absolute Gasteiger partial charge is 0.492 e. The van der Waals surface area contributed by atoms with E-state index < -0.39 is 10.0 Å². The van der Waals surface area contributed by atoms with Crippen LogP contribution in [-0.2, 0) is 16.6 Å². The van der Waals surface area contributed by atoms with Gasteiger partial charge in [-0.25, -0.2) is 13.1 Å². The monoisotopic (exact) mass is 524 g/mol. The smallest absolute Gasteiger partial charge is 0.308 e. The molecule has 0 spiro atoms. The lowest BCUT2D eigenvalue weighted by molar-refractivity contribution is 0.326. The van der Waals surface area contributed by atoms with Crippen molar-refractivity contribution in [3.63, 3.8) is 0 Å². The molecule has 178 valence electrons. The maximum Gasteiger partial charge on any atom is 0.308 e. The lowest BCUT2D eigenvalue weighted by Crippen LogP contribution is -2.28. The van der Waals surface area contributed by atoms with E-state index in [1.54, 1.807) is 22.8 Å². The van der Waals surface area contributed by atoms with E-state index >= 15 is 0 Å². The van der Waals surface area contributed by atoms with Gasteiger partial charge in [0.25, 0.3) is 0 Å². The van der Waals surface area contributed by atoms with Crippen molar-refractivity contribution >= 4 is 54.0 Å². The molecule has 0 atom stereocenters. The number of halogens is 1. The molecule has 0 fully saturated rings. The minimum atomic E-state index is -3.77. The van der Waals surface area contributed by atoms with Crippen LogP contribution in [0.5, 0.6) is 5.75 Å². The van der Waals surface area contributed by atoms with Crippen LogP contribution in [0.3, 0.4) is 0 Å². The quantitative estimate of drug-likeness (QED) is 0.280. The third-order valence-corrected chi connectivity index (χ3v) is 8.26. The summed E-state index contributed by atoms with van der Waals surface area (Å²) in [6.07, 6.45) is 0. The SMILES string of the molecule is O=c1sc2cc(S(=O)(=O)NCCOc3cccc4ccccc34)ccc2n1Cc1ccc(Cl)cc1. The highest BCUT2D eigenvalue weighted by Crippen LogP contribution is 2.25. The average Bonchev–Trinajstić information content (AvgIpc) is 3.17. The lowest BCUT2D eigenvalue weighted by Gasteiger charge is -2.11. The molecular formula is C26H21ClN2O4S2. The van der Waals surface area contributed by atoms with Gasteiger partial charge in [0.1, 0.15) is 12.4 Å². The second kappa shape index (κ2) is 9.83. The number of nitrogens with one attached hydrogen (secondary N) is 1. The summed E-state index contributed by atoms with van der Waals surface area (Å²) in [5.41, 5.74) is 1.62. The van der Waals surface area contributed by atoms with Crippen LogP contribution in [0.25, 0.3) is 21.0 Å². The molecule has 1 heterocycles. The van der Waals surface area contributed by atoms with E-state index in [1.807, 2.05) is 54.6 Å². The Bertz CT molecular complexity index is 1670. The number of hydrogen-bond acceptors (Lipinski definition) is 5. The first-order valence-corrected chi connectivity index (χ1v) is 13.6. The molecule has 0 aliphatic carbocycles. The summed E-state index contributed by atoms with van der Waals surface area (Å²) in [6, 6.07) is 25.6. The van der Waals surface area contributed by atoms with Gasteiger partial charge in [0.2, 0.25) is 10.0 Å². The third kappa shape index (κ3) is 5.11. The Kier molecular flexibility index (Phi) is 6.62.